The number of hydrogen-bond donors (Lipinski definition) is 1. The highest BCUT2D eigenvalue weighted by molar-refractivity contribution is 5.47. The third-order valence-corrected chi connectivity index (χ3v) is 4.45. The van der Waals surface area contributed by atoms with Crippen molar-refractivity contribution in [2.45, 2.75) is 26.7 Å². The van der Waals surface area contributed by atoms with E-state index in [0.717, 1.165) is 51.4 Å². The van der Waals surface area contributed by atoms with Crippen LogP contribution in [0.5, 0.6) is 0 Å². The summed E-state index contributed by atoms with van der Waals surface area (Å²) in [5.74, 6) is -0.115. The summed E-state index contributed by atoms with van der Waals surface area (Å²) < 4.78 is 13.8. The van der Waals surface area contributed by atoms with Crippen LogP contribution in [0, 0.1) is 11.2 Å². The molecule has 1 aliphatic rings. The number of halogens is 1. The number of rotatable bonds is 6. The molecule has 1 heterocycles. The average Bonchev–Trinajstić information content (AvgIpc) is 2.48. The molecule has 1 fully saturated rings. The lowest BCUT2D eigenvalue weighted by Crippen LogP contribution is -2.47. The van der Waals surface area contributed by atoms with Crippen LogP contribution < -0.4 is 10.6 Å². The molecule has 1 aromatic carbocycles. The van der Waals surface area contributed by atoms with Crippen molar-refractivity contribution >= 4 is 5.69 Å². The van der Waals surface area contributed by atoms with Gasteiger partial charge in [0.25, 0.3) is 0 Å². The summed E-state index contributed by atoms with van der Waals surface area (Å²) in [6.45, 7) is 10.1. The molecule has 4 heteroatoms. The van der Waals surface area contributed by atoms with Gasteiger partial charge in [-0.05, 0) is 43.5 Å². The minimum atomic E-state index is -0.115. The van der Waals surface area contributed by atoms with E-state index in [4.69, 9.17) is 5.73 Å². The molecule has 118 valence electrons. The Morgan fingerprint density at radius 1 is 1.14 bits per heavy atom. The van der Waals surface area contributed by atoms with Gasteiger partial charge >= 0.3 is 0 Å². The Morgan fingerprint density at radius 2 is 1.81 bits per heavy atom. The molecule has 0 aliphatic carbocycles. The van der Waals surface area contributed by atoms with E-state index in [1.165, 1.54) is 12.5 Å². The molecular weight excluding hydrogens is 265 g/mol. The summed E-state index contributed by atoms with van der Waals surface area (Å²) in [5, 5.41) is 0. The Bertz CT molecular complexity index is 439. The van der Waals surface area contributed by atoms with E-state index in [9.17, 15) is 4.39 Å². The second-order valence-corrected chi connectivity index (χ2v) is 6.75. The second-order valence-electron chi connectivity index (χ2n) is 6.75. The number of nitrogens with two attached hydrogens (primary N) is 1. The average molecular weight is 293 g/mol. The van der Waals surface area contributed by atoms with Crippen LogP contribution in [0.25, 0.3) is 0 Å². The van der Waals surface area contributed by atoms with Crippen LogP contribution in [-0.2, 0) is 0 Å². The monoisotopic (exact) mass is 293 g/mol. The molecule has 2 N–H and O–H groups in total. The van der Waals surface area contributed by atoms with Gasteiger partial charge in [-0.25, -0.2) is 4.39 Å². The third kappa shape index (κ3) is 4.68. The maximum absolute atomic E-state index is 13.8. The van der Waals surface area contributed by atoms with Gasteiger partial charge in [0.1, 0.15) is 5.82 Å². The number of nitrogens with zero attached hydrogens (tertiary/aromatic N) is 2. The Kier molecular flexibility index (Phi) is 5.59. The first-order chi connectivity index (χ1) is 10.0. The molecule has 3 nitrogen and oxygen atoms in total. The zero-order valence-corrected chi connectivity index (χ0v) is 13.3. The number of para-hydroxylation sites is 1. The van der Waals surface area contributed by atoms with Gasteiger partial charge in [0.2, 0.25) is 0 Å². The molecule has 0 saturated carbocycles. The Labute approximate surface area is 127 Å². The molecule has 0 unspecified atom stereocenters. The lowest BCUT2D eigenvalue weighted by Gasteiger charge is -2.36. The number of anilines is 1. The maximum atomic E-state index is 13.8. The molecule has 1 aromatic rings. The smallest absolute Gasteiger partial charge is 0.146 e. The van der Waals surface area contributed by atoms with E-state index in [-0.39, 0.29) is 11.2 Å². The van der Waals surface area contributed by atoms with E-state index < -0.39 is 0 Å². The summed E-state index contributed by atoms with van der Waals surface area (Å²) in [4.78, 5) is 4.62. The lowest BCUT2D eigenvalue weighted by molar-refractivity contribution is 0.232. The van der Waals surface area contributed by atoms with E-state index in [1.807, 2.05) is 12.1 Å². The standard InChI is InChI=1S/C17H28FN3/c1-17(2,14-19)8-5-9-20-10-12-21(13-11-20)16-7-4-3-6-15(16)18/h3-4,6-7H,5,8-14,19H2,1-2H3. The van der Waals surface area contributed by atoms with Gasteiger partial charge in [-0.15, -0.1) is 0 Å². The highest BCUT2D eigenvalue weighted by atomic mass is 19.1. The van der Waals surface area contributed by atoms with E-state index in [0.29, 0.717) is 0 Å². The molecule has 0 radical (unpaired) electrons. The normalized spacial score (nSPS) is 17.2. The van der Waals surface area contributed by atoms with Gasteiger partial charge in [-0.1, -0.05) is 26.0 Å². The molecule has 1 aliphatic heterocycles. The van der Waals surface area contributed by atoms with Gasteiger partial charge in [-0.3, -0.25) is 4.90 Å². The van der Waals surface area contributed by atoms with Crippen molar-refractivity contribution in [3.05, 3.63) is 30.1 Å². The van der Waals surface area contributed by atoms with Crippen molar-refractivity contribution in [3.8, 4) is 0 Å². The first-order valence-corrected chi connectivity index (χ1v) is 7.94. The van der Waals surface area contributed by atoms with Crippen LogP contribution in [-0.4, -0.2) is 44.2 Å². The summed E-state index contributed by atoms with van der Waals surface area (Å²) in [7, 11) is 0. The Balaban J connectivity index is 1.75. The van der Waals surface area contributed by atoms with Gasteiger partial charge in [0, 0.05) is 26.2 Å². The van der Waals surface area contributed by atoms with E-state index in [2.05, 4.69) is 23.6 Å². The van der Waals surface area contributed by atoms with Crippen LogP contribution in [0.1, 0.15) is 26.7 Å². The summed E-state index contributed by atoms with van der Waals surface area (Å²) in [6.07, 6.45) is 2.35. The summed E-state index contributed by atoms with van der Waals surface area (Å²) in [5.41, 5.74) is 6.75. The quantitative estimate of drug-likeness (QED) is 0.875. The third-order valence-electron chi connectivity index (χ3n) is 4.45. The van der Waals surface area contributed by atoms with Crippen LogP contribution in [0.2, 0.25) is 0 Å². The first-order valence-electron chi connectivity index (χ1n) is 7.94. The molecule has 0 spiro atoms. The molecule has 0 atom stereocenters. The minimum Gasteiger partial charge on any atom is -0.367 e. The number of piperazine rings is 1. The molecule has 0 aromatic heterocycles. The highest BCUT2D eigenvalue weighted by Crippen LogP contribution is 2.22. The Hall–Kier alpha value is -1.13. The molecule has 21 heavy (non-hydrogen) atoms. The molecular formula is C17H28FN3. The fourth-order valence-electron chi connectivity index (χ4n) is 2.80. The largest absolute Gasteiger partial charge is 0.367 e. The van der Waals surface area contributed by atoms with Crippen LogP contribution in [0.4, 0.5) is 10.1 Å². The van der Waals surface area contributed by atoms with Gasteiger partial charge in [0.05, 0.1) is 5.69 Å². The molecule has 1 saturated heterocycles. The topological polar surface area (TPSA) is 32.5 Å². The van der Waals surface area contributed by atoms with Crippen molar-refractivity contribution in [1.29, 1.82) is 0 Å². The van der Waals surface area contributed by atoms with Gasteiger partial charge in [0.15, 0.2) is 0 Å². The highest BCUT2D eigenvalue weighted by Gasteiger charge is 2.20. The van der Waals surface area contributed by atoms with Crippen molar-refractivity contribution in [2.24, 2.45) is 11.1 Å². The number of hydrogen-bond acceptors (Lipinski definition) is 3. The lowest BCUT2D eigenvalue weighted by atomic mass is 9.88. The van der Waals surface area contributed by atoms with E-state index in [1.54, 1.807) is 6.07 Å². The predicted octanol–water partition coefficient (Wildman–Crippen LogP) is 2.71. The predicted molar refractivity (Wildman–Crippen MR) is 87.1 cm³/mol. The minimum absolute atomic E-state index is 0.115. The maximum Gasteiger partial charge on any atom is 0.146 e. The van der Waals surface area contributed by atoms with Crippen LogP contribution in [0.15, 0.2) is 24.3 Å². The zero-order chi connectivity index (χ0) is 15.3. The fraction of sp³-hybridized carbons (Fsp3) is 0.647. The molecule has 0 bridgehead atoms. The summed E-state index contributed by atoms with van der Waals surface area (Å²) in [6, 6.07) is 7.05. The van der Waals surface area contributed by atoms with Gasteiger partial charge in [-0.2, -0.15) is 0 Å². The van der Waals surface area contributed by atoms with Crippen molar-refractivity contribution in [2.75, 3.05) is 44.2 Å². The van der Waals surface area contributed by atoms with Crippen LogP contribution >= 0.6 is 0 Å². The van der Waals surface area contributed by atoms with Crippen molar-refractivity contribution in [3.63, 3.8) is 0 Å². The van der Waals surface area contributed by atoms with Crippen LogP contribution in [0.3, 0.4) is 0 Å². The fourth-order valence-corrected chi connectivity index (χ4v) is 2.80. The van der Waals surface area contributed by atoms with Crippen molar-refractivity contribution in [1.82, 2.24) is 4.90 Å². The SMILES string of the molecule is CC(C)(CN)CCCN1CCN(c2ccccc2F)CC1. The zero-order valence-electron chi connectivity index (χ0n) is 13.3. The second kappa shape index (κ2) is 7.23. The Morgan fingerprint density at radius 3 is 2.43 bits per heavy atom. The molecule has 2 rings (SSSR count). The van der Waals surface area contributed by atoms with Gasteiger partial charge < -0.3 is 10.6 Å². The first kappa shape index (κ1) is 16.2. The molecule has 0 amide bonds. The van der Waals surface area contributed by atoms with E-state index >= 15 is 0 Å². The summed E-state index contributed by atoms with van der Waals surface area (Å²) >= 11 is 0. The van der Waals surface area contributed by atoms with Crippen molar-refractivity contribution < 1.29 is 4.39 Å². The number of benzene rings is 1.